The van der Waals surface area contributed by atoms with Crippen molar-refractivity contribution in [1.29, 1.82) is 5.41 Å². The highest BCUT2D eigenvalue weighted by atomic mass is 16.6. The van der Waals surface area contributed by atoms with E-state index in [-0.39, 0.29) is 18.3 Å². The fraction of sp³-hybridized carbons (Fsp3) is 0.818. The van der Waals surface area contributed by atoms with Crippen molar-refractivity contribution in [3.05, 3.63) is 0 Å². The van der Waals surface area contributed by atoms with Gasteiger partial charge in [-0.25, -0.2) is 4.79 Å². The van der Waals surface area contributed by atoms with Gasteiger partial charge in [-0.2, -0.15) is 0 Å². The number of amidine groups is 1. The first-order valence-corrected chi connectivity index (χ1v) is 5.70. The number of hydrogen-bond acceptors (Lipinski definition) is 4. The van der Waals surface area contributed by atoms with Gasteiger partial charge in [0.1, 0.15) is 5.60 Å². The van der Waals surface area contributed by atoms with Gasteiger partial charge in [0.15, 0.2) is 0 Å². The van der Waals surface area contributed by atoms with Crippen LogP contribution in [0.25, 0.3) is 0 Å². The van der Waals surface area contributed by atoms with Gasteiger partial charge in [-0.15, -0.1) is 0 Å². The van der Waals surface area contributed by atoms with Crippen molar-refractivity contribution in [2.45, 2.75) is 38.9 Å². The van der Waals surface area contributed by atoms with E-state index in [1.165, 1.54) is 4.90 Å². The van der Waals surface area contributed by atoms with Crippen LogP contribution in [0.3, 0.4) is 0 Å². The van der Waals surface area contributed by atoms with Gasteiger partial charge >= 0.3 is 6.09 Å². The van der Waals surface area contributed by atoms with E-state index in [1.807, 2.05) is 0 Å². The number of nitrogens with two attached hydrogens (primary N) is 1. The molecule has 1 fully saturated rings. The number of aliphatic hydroxyl groups is 1. The molecule has 0 radical (unpaired) electrons. The Balaban J connectivity index is 2.55. The minimum atomic E-state index is -0.784. The first-order valence-electron chi connectivity index (χ1n) is 5.70. The first-order chi connectivity index (χ1) is 7.70. The van der Waals surface area contributed by atoms with Gasteiger partial charge in [-0.1, -0.05) is 0 Å². The zero-order valence-electron chi connectivity index (χ0n) is 10.6. The molecule has 0 aromatic carbocycles. The summed E-state index contributed by atoms with van der Waals surface area (Å²) in [5.74, 6) is -0.380. The summed E-state index contributed by atoms with van der Waals surface area (Å²) < 4.78 is 5.21. The van der Waals surface area contributed by atoms with Gasteiger partial charge in [0.25, 0.3) is 0 Å². The molecule has 98 valence electrons. The molecule has 1 heterocycles. The fourth-order valence-corrected chi connectivity index (χ4v) is 1.79. The molecule has 6 heteroatoms. The molecule has 1 amide bonds. The molecule has 0 aromatic rings. The summed E-state index contributed by atoms with van der Waals surface area (Å²) in [7, 11) is 0. The van der Waals surface area contributed by atoms with Crippen LogP contribution in [-0.2, 0) is 4.74 Å². The number of β-amino-alcohol motifs (C(OH)–C–C–N with tert-alkyl or cyclic N) is 1. The highest BCUT2D eigenvalue weighted by molar-refractivity contribution is 5.80. The van der Waals surface area contributed by atoms with Crippen molar-refractivity contribution in [2.24, 2.45) is 11.7 Å². The van der Waals surface area contributed by atoms with Gasteiger partial charge in [0.05, 0.1) is 18.5 Å². The molecule has 0 bridgehead atoms. The van der Waals surface area contributed by atoms with Crippen LogP contribution in [0, 0.1) is 11.3 Å². The van der Waals surface area contributed by atoms with E-state index in [0.29, 0.717) is 13.0 Å². The number of nitrogens with one attached hydrogen (secondary N) is 1. The number of rotatable bonds is 1. The molecule has 1 aliphatic rings. The van der Waals surface area contributed by atoms with E-state index >= 15 is 0 Å². The van der Waals surface area contributed by atoms with Crippen molar-refractivity contribution in [2.75, 3.05) is 13.1 Å². The average Bonchev–Trinajstić information content (AvgIpc) is 2.14. The fourth-order valence-electron chi connectivity index (χ4n) is 1.79. The highest BCUT2D eigenvalue weighted by Crippen LogP contribution is 2.19. The molecular formula is C11H21N3O3. The molecule has 0 aliphatic carbocycles. The molecule has 4 N–H and O–H groups in total. The second-order valence-corrected chi connectivity index (χ2v) is 5.34. The van der Waals surface area contributed by atoms with Crippen molar-refractivity contribution < 1.29 is 14.6 Å². The number of piperidine rings is 1. The monoisotopic (exact) mass is 243 g/mol. The smallest absolute Gasteiger partial charge is 0.410 e. The summed E-state index contributed by atoms with van der Waals surface area (Å²) in [5.41, 5.74) is 4.83. The highest BCUT2D eigenvalue weighted by Gasteiger charge is 2.33. The van der Waals surface area contributed by atoms with E-state index in [4.69, 9.17) is 15.9 Å². The van der Waals surface area contributed by atoms with E-state index in [1.54, 1.807) is 20.8 Å². The van der Waals surface area contributed by atoms with Crippen LogP contribution < -0.4 is 5.73 Å². The van der Waals surface area contributed by atoms with Crippen molar-refractivity contribution in [3.63, 3.8) is 0 Å². The maximum absolute atomic E-state index is 11.7. The lowest BCUT2D eigenvalue weighted by Crippen LogP contribution is -2.51. The molecule has 1 rings (SSSR count). The Morgan fingerprint density at radius 3 is 2.53 bits per heavy atom. The first kappa shape index (κ1) is 13.8. The lowest BCUT2D eigenvalue weighted by Gasteiger charge is -2.36. The van der Waals surface area contributed by atoms with Gasteiger partial charge < -0.3 is 20.5 Å². The van der Waals surface area contributed by atoms with E-state index in [2.05, 4.69) is 0 Å². The van der Waals surface area contributed by atoms with Crippen molar-refractivity contribution >= 4 is 11.9 Å². The van der Waals surface area contributed by atoms with Crippen LogP contribution in [-0.4, -0.2) is 46.7 Å². The van der Waals surface area contributed by atoms with Crippen LogP contribution in [0.2, 0.25) is 0 Å². The molecule has 2 unspecified atom stereocenters. The standard InChI is InChI=1S/C11H21N3O3/c1-11(2,3)17-10(16)14-5-4-7(9(12)13)8(15)6-14/h7-8,15H,4-6H2,1-3H3,(H3,12,13). The van der Waals surface area contributed by atoms with Crippen LogP contribution in [0.15, 0.2) is 0 Å². The number of aliphatic hydroxyl groups excluding tert-OH is 1. The van der Waals surface area contributed by atoms with Crippen LogP contribution in [0.1, 0.15) is 27.2 Å². The van der Waals surface area contributed by atoms with Crippen molar-refractivity contribution in [3.8, 4) is 0 Å². The van der Waals surface area contributed by atoms with Crippen LogP contribution in [0.4, 0.5) is 4.79 Å². The summed E-state index contributed by atoms with van der Waals surface area (Å²) in [5, 5.41) is 17.1. The summed E-state index contributed by atoms with van der Waals surface area (Å²) in [4.78, 5) is 13.2. The Hall–Kier alpha value is -1.30. The molecule has 1 aliphatic heterocycles. The third-order valence-corrected chi connectivity index (χ3v) is 2.63. The normalized spacial score (nSPS) is 25.5. The zero-order valence-corrected chi connectivity index (χ0v) is 10.6. The zero-order chi connectivity index (χ0) is 13.2. The number of amides is 1. The minimum Gasteiger partial charge on any atom is -0.444 e. The topological polar surface area (TPSA) is 99.6 Å². The second kappa shape index (κ2) is 4.91. The van der Waals surface area contributed by atoms with Crippen molar-refractivity contribution in [1.82, 2.24) is 4.90 Å². The Bertz CT molecular complexity index is 312. The maximum Gasteiger partial charge on any atom is 0.410 e. The number of likely N-dealkylation sites (tertiary alicyclic amines) is 1. The van der Waals surface area contributed by atoms with Gasteiger partial charge in [0, 0.05) is 12.5 Å². The molecule has 6 nitrogen and oxygen atoms in total. The predicted octanol–water partition coefficient (Wildman–Crippen LogP) is 0.540. The largest absolute Gasteiger partial charge is 0.444 e. The molecule has 17 heavy (non-hydrogen) atoms. The number of carbonyl (C=O) groups is 1. The quantitative estimate of drug-likeness (QED) is 0.462. The summed E-state index contributed by atoms with van der Waals surface area (Å²) in [6, 6.07) is 0. The number of ether oxygens (including phenoxy) is 1. The third kappa shape index (κ3) is 3.89. The van der Waals surface area contributed by atoms with E-state index < -0.39 is 17.8 Å². The summed E-state index contributed by atoms with van der Waals surface area (Å²) >= 11 is 0. The van der Waals surface area contributed by atoms with Crippen LogP contribution in [0.5, 0.6) is 0 Å². The van der Waals surface area contributed by atoms with E-state index in [9.17, 15) is 9.90 Å². The minimum absolute atomic E-state index is 0.0265. The molecule has 2 atom stereocenters. The lowest BCUT2D eigenvalue weighted by molar-refractivity contribution is -0.00328. The van der Waals surface area contributed by atoms with Gasteiger partial charge in [0.2, 0.25) is 0 Å². The number of carbonyl (C=O) groups excluding carboxylic acids is 1. The molecular weight excluding hydrogens is 222 g/mol. The summed E-state index contributed by atoms with van der Waals surface area (Å²) in [6.45, 7) is 6.01. The summed E-state index contributed by atoms with van der Waals surface area (Å²) in [6.07, 6.45) is -0.720. The van der Waals surface area contributed by atoms with Gasteiger partial charge in [-0.05, 0) is 27.2 Å². The second-order valence-electron chi connectivity index (χ2n) is 5.34. The maximum atomic E-state index is 11.7. The average molecular weight is 243 g/mol. The molecule has 0 spiro atoms. The third-order valence-electron chi connectivity index (χ3n) is 2.63. The predicted molar refractivity (Wildman–Crippen MR) is 63.8 cm³/mol. The lowest BCUT2D eigenvalue weighted by atomic mass is 9.93. The Morgan fingerprint density at radius 1 is 1.53 bits per heavy atom. The Labute approximate surface area is 101 Å². The Kier molecular flexibility index (Phi) is 3.98. The molecule has 0 aromatic heterocycles. The van der Waals surface area contributed by atoms with Gasteiger partial charge in [-0.3, -0.25) is 5.41 Å². The van der Waals surface area contributed by atoms with E-state index in [0.717, 1.165) is 0 Å². The SMILES string of the molecule is CC(C)(C)OC(=O)N1CCC(C(=N)N)C(O)C1. The molecule has 0 saturated carbocycles. The number of hydrogen-bond donors (Lipinski definition) is 3. The van der Waals surface area contributed by atoms with Crippen LogP contribution >= 0.6 is 0 Å². The number of nitrogens with zero attached hydrogens (tertiary/aromatic N) is 1. The Morgan fingerprint density at radius 2 is 2.12 bits per heavy atom. The molecule has 1 saturated heterocycles.